The van der Waals surface area contributed by atoms with Crippen molar-refractivity contribution in [2.45, 2.75) is 19.9 Å². The quantitative estimate of drug-likeness (QED) is 0.790. The number of fused-ring (bicyclic) bond motifs is 1. The van der Waals surface area contributed by atoms with Gasteiger partial charge in [-0.15, -0.1) is 5.10 Å². The summed E-state index contributed by atoms with van der Waals surface area (Å²) in [6.07, 6.45) is 1.95. The Morgan fingerprint density at radius 3 is 3.12 bits per heavy atom. The van der Waals surface area contributed by atoms with Crippen LogP contribution >= 0.6 is 0 Å². The molecule has 0 unspecified atom stereocenters. The van der Waals surface area contributed by atoms with Gasteiger partial charge in [-0.1, -0.05) is 6.07 Å². The molecule has 1 atom stereocenters. The Balaban J connectivity index is 1.97. The summed E-state index contributed by atoms with van der Waals surface area (Å²) in [5, 5.41) is 7.96. The van der Waals surface area contributed by atoms with Gasteiger partial charge in [0.05, 0.1) is 0 Å². The zero-order valence-electron chi connectivity index (χ0n) is 10.2. The van der Waals surface area contributed by atoms with Crippen LogP contribution in [-0.4, -0.2) is 40.3 Å². The Morgan fingerprint density at radius 1 is 1.47 bits per heavy atom. The highest BCUT2D eigenvalue weighted by atomic mass is 15.4. The smallest absolute Gasteiger partial charge is 0.245 e. The molecule has 0 bridgehead atoms. The number of hydrogen-bond donors (Lipinski definition) is 1. The molecule has 2 aromatic heterocycles. The van der Waals surface area contributed by atoms with Crippen molar-refractivity contribution < 1.29 is 0 Å². The maximum absolute atomic E-state index is 4.62. The molecule has 0 aliphatic carbocycles. The van der Waals surface area contributed by atoms with Crippen molar-refractivity contribution >= 4 is 11.6 Å². The molecule has 0 radical (unpaired) electrons. The lowest BCUT2D eigenvalue weighted by atomic mass is 10.2. The molecule has 5 heteroatoms. The fraction of sp³-hybridized carbons (Fsp3) is 0.500. The van der Waals surface area contributed by atoms with Gasteiger partial charge in [0.25, 0.3) is 0 Å². The van der Waals surface area contributed by atoms with Gasteiger partial charge in [0.1, 0.15) is 0 Å². The van der Waals surface area contributed by atoms with Crippen molar-refractivity contribution in [1.82, 2.24) is 19.9 Å². The minimum atomic E-state index is 0.497. The maximum atomic E-state index is 4.62. The van der Waals surface area contributed by atoms with Gasteiger partial charge >= 0.3 is 0 Å². The van der Waals surface area contributed by atoms with E-state index in [9.17, 15) is 0 Å². The Hall–Kier alpha value is -1.62. The highest BCUT2D eigenvalue weighted by Gasteiger charge is 2.19. The van der Waals surface area contributed by atoms with Crippen LogP contribution in [0.5, 0.6) is 0 Å². The Labute approximate surface area is 100 Å². The predicted octanol–water partition coefficient (Wildman–Crippen LogP) is 0.836. The molecule has 1 aliphatic heterocycles. The van der Waals surface area contributed by atoms with E-state index < -0.39 is 0 Å². The molecule has 0 aromatic carbocycles. The fourth-order valence-corrected chi connectivity index (χ4v) is 2.28. The molecule has 1 fully saturated rings. The average Bonchev–Trinajstić information content (AvgIpc) is 2.74. The molecule has 1 N–H and O–H groups in total. The summed E-state index contributed by atoms with van der Waals surface area (Å²) in [4.78, 5) is 6.86. The number of anilines is 1. The third-order valence-corrected chi connectivity index (χ3v) is 3.20. The largest absolute Gasteiger partial charge is 0.337 e. The van der Waals surface area contributed by atoms with Gasteiger partial charge in [-0.3, -0.25) is 0 Å². The lowest BCUT2D eigenvalue weighted by molar-refractivity contribution is 0.479. The Bertz CT molecular complexity index is 533. The van der Waals surface area contributed by atoms with E-state index in [2.05, 4.69) is 40.2 Å². The summed E-state index contributed by atoms with van der Waals surface area (Å²) in [7, 11) is 0. The SMILES string of the molecule is Cc1cccn2nc(N3CCN[C@@H](C)C3)nc12. The van der Waals surface area contributed by atoms with E-state index in [1.807, 2.05) is 16.8 Å². The molecule has 0 amide bonds. The van der Waals surface area contributed by atoms with E-state index in [0.29, 0.717) is 6.04 Å². The van der Waals surface area contributed by atoms with Crippen molar-refractivity contribution in [3.63, 3.8) is 0 Å². The number of rotatable bonds is 1. The zero-order chi connectivity index (χ0) is 11.8. The molecule has 1 aliphatic rings. The normalized spacial score (nSPS) is 21.1. The molecule has 17 heavy (non-hydrogen) atoms. The number of hydrogen-bond acceptors (Lipinski definition) is 4. The molecule has 90 valence electrons. The van der Waals surface area contributed by atoms with E-state index in [1.54, 1.807) is 0 Å². The number of nitrogens with zero attached hydrogens (tertiary/aromatic N) is 4. The molecular weight excluding hydrogens is 214 g/mol. The van der Waals surface area contributed by atoms with E-state index in [-0.39, 0.29) is 0 Å². The lowest BCUT2D eigenvalue weighted by Gasteiger charge is -2.30. The van der Waals surface area contributed by atoms with Crippen LogP contribution < -0.4 is 10.2 Å². The van der Waals surface area contributed by atoms with Crippen LogP contribution in [0.25, 0.3) is 5.65 Å². The Morgan fingerprint density at radius 2 is 2.35 bits per heavy atom. The van der Waals surface area contributed by atoms with Gasteiger partial charge in [-0.05, 0) is 25.5 Å². The van der Waals surface area contributed by atoms with Crippen molar-refractivity contribution in [2.75, 3.05) is 24.5 Å². The van der Waals surface area contributed by atoms with Crippen molar-refractivity contribution in [3.8, 4) is 0 Å². The second-order valence-electron chi connectivity index (χ2n) is 4.67. The molecule has 3 heterocycles. The van der Waals surface area contributed by atoms with E-state index >= 15 is 0 Å². The maximum Gasteiger partial charge on any atom is 0.245 e. The lowest BCUT2D eigenvalue weighted by Crippen LogP contribution is -2.49. The standard InChI is InChI=1S/C12H17N5/c1-9-4-3-6-17-11(9)14-12(15-17)16-7-5-13-10(2)8-16/h3-4,6,10,13H,5,7-8H2,1-2H3/t10-/m0/s1. The van der Waals surface area contributed by atoms with Crippen LogP contribution in [0.1, 0.15) is 12.5 Å². The Kier molecular flexibility index (Phi) is 2.48. The first kappa shape index (κ1) is 10.5. The first-order chi connectivity index (χ1) is 8.24. The van der Waals surface area contributed by atoms with Gasteiger partial charge in [0, 0.05) is 31.9 Å². The first-order valence-corrected chi connectivity index (χ1v) is 6.04. The minimum absolute atomic E-state index is 0.497. The molecular formula is C12H17N5. The first-order valence-electron chi connectivity index (χ1n) is 6.04. The second-order valence-corrected chi connectivity index (χ2v) is 4.67. The average molecular weight is 231 g/mol. The molecule has 2 aromatic rings. The summed E-state index contributed by atoms with van der Waals surface area (Å²) in [6, 6.07) is 4.56. The van der Waals surface area contributed by atoms with Gasteiger partial charge in [-0.2, -0.15) is 4.98 Å². The predicted molar refractivity (Wildman–Crippen MR) is 67.4 cm³/mol. The molecule has 5 nitrogen and oxygen atoms in total. The van der Waals surface area contributed by atoms with Crippen molar-refractivity contribution in [3.05, 3.63) is 23.9 Å². The highest BCUT2D eigenvalue weighted by Crippen LogP contribution is 2.14. The van der Waals surface area contributed by atoms with Gasteiger partial charge in [0.2, 0.25) is 5.95 Å². The van der Waals surface area contributed by atoms with Gasteiger partial charge in [-0.25, -0.2) is 4.52 Å². The molecule has 0 spiro atoms. The van der Waals surface area contributed by atoms with Crippen LogP contribution in [0.3, 0.4) is 0 Å². The number of piperazine rings is 1. The number of pyridine rings is 1. The van der Waals surface area contributed by atoms with Gasteiger partial charge < -0.3 is 10.2 Å². The summed E-state index contributed by atoms with van der Waals surface area (Å²) >= 11 is 0. The molecule has 3 rings (SSSR count). The van der Waals surface area contributed by atoms with Gasteiger partial charge in [0.15, 0.2) is 5.65 Å². The third-order valence-electron chi connectivity index (χ3n) is 3.20. The fourth-order valence-electron chi connectivity index (χ4n) is 2.28. The zero-order valence-corrected chi connectivity index (χ0v) is 10.2. The topological polar surface area (TPSA) is 45.5 Å². The third kappa shape index (κ3) is 1.86. The van der Waals surface area contributed by atoms with E-state index in [4.69, 9.17) is 0 Å². The second kappa shape index (κ2) is 4.00. The highest BCUT2D eigenvalue weighted by molar-refractivity contribution is 5.50. The van der Waals surface area contributed by atoms with Crippen LogP contribution in [0.4, 0.5) is 5.95 Å². The van der Waals surface area contributed by atoms with Crippen LogP contribution in [-0.2, 0) is 0 Å². The van der Waals surface area contributed by atoms with E-state index in [1.165, 1.54) is 0 Å². The summed E-state index contributed by atoms with van der Waals surface area (Å²) < 4.78 is 1.86. The van der Waals surface area contributed by atoms with Crippen molar-refractivity contribution in [1.29, 1.82) is 0 Å². The molecule has 1 saturated heterocycles. The van der Waals surface area contributed by atoms with E-state index in [0.717, 1.165) is 36.8 Å². The molecule has 0 saturated carbocycles. The van der Waals surface area contributed by atoms with Crippen molar-refractivity contribution in [2.24, 2.45) is 0 Å². The summed E-state index contributed by atoms with van der Waals surface area (Å²) in [6.45, 7) is 7.19. The minimum Gasteiger partial charge on any atom is -0.337 e. The van der Waals surface area contributed by atoms with Crippen LogP contribution in [0.2, 0.25) is 0 Å². The number of aromatic nitrogens is 3. The number of nitrogens with one attached hydrogen (secondary N) is 1. The summed E-state index contributed by atoms with van der Waals surface area (Å²) in [5.41, 5.74) is 2.11. The van der Waals surface area contributed by atoms with Crippen LogP contribution in [0.15, 0.2) is 18.3 Å². The number of aryl methyl sites for hydroxylation is 1. The van der Waals surface area contributed by atoms with Crippen LogP contribution in [0, 0.1) is 6.92 Å². The monoisotopic (exact) mass is 231 g/mol. The summed E-state index contributed by atoms with van der Waals surface area (Å²) in [5.74, 6) is 0.840.